The van der Waals surface area contributed by atoms with Crippen molar-refractivity contribution in [3.63, 3.8) is 0 Å². The fraction of sp³-hybridized carbons (Fsp3) is 0.143. The predicted octanol–water partition coefficient (Wildman–Crippen LogP) is 3.63. The largest absolute Gasteiger partial charge is 0.305 e. The van der Waals surface area contributed by atoms with E-state index in [4.69, 9.17) is 0 Å². The molecule has 0 atom stereocenters. The molecule has 7 nitrogen and oxygen atoms in total. The molecule has 28 heavy (non-hydrogen) atoms. The van der Waals surface area contributed by atoms with E-state index < -0.39 is 0 Å². The maximum Gasteiger partial charge on any atom is 0.279 e. The van der Waals surface area contributed by atoms with Crippen molar-refractivity contribution >= 4 is 11.7 Å². The van der Waals surface area contributed by atoms with Gasteiger partial charge in [-0.2, -0.15) is 15.0 Å². The summed E-state index contributed by atoms with van der Waals surface area (Å²) in [5.74, 6) is 0.257. The Bertz CT molecular complexity index is 1130. The van der Waals surface area contributed by atoms with Crippen LogP contribution in [0, 0.1) is 20.8 Å². The summed E-state index contributed by atoms with van der Waals surface area (Å²) in [6.45, 7) is 5.68. The Morgan fingerprint density at radius 1 is 0.857 bits per heavy atom. The van der Waals surface area contributed by atoms with E-state index in [-0.39, 0.29) is 11.6 Å². The predicted molar refractivity (Wildman–Crippen MR) is 107 cm³/mol. The van der Waals surface area contributed by atoms with Gasteiger partial charge in [-0.05, 0) is 45.0 Å². The summed E-state index contributed by atoms with van der Waals surface area (Å²) < 4.78 is 1.71. The number of carbonyl (C=O) groups excluding carboxylic acids is 1. The van der Waals surface area contributed by atoms with Crippen molar-refractivity contribution in [3.8, 4) is 11.4 Å². The lowest BCUT2D eigenvalue weighted by Gasteiger charge is -2.08. The fourth-order valence-corrected chi connectivity index (χ4v) is 2.91. The molecule has 2 aromatic heterocycles. The number of carbonyl (C=O) groups is 1. The first-order valence-corrected chi connectivity index (χ1v) is 8.96. The minimum Gasteiger partial charge on any atom is -0.305 e. The molecule has 0 saturated carbocycles. The molecule has 0 aliphatic rings. The summed E-state index contributed by atoms with van der Waals surface area (Å²) in [5.41, 5.74) is 4.47. The Balaban J connectivity index is 1.63. The van der Waals surface area contributed by atoms with Gasteiger partial charge in [0, 0.05) is 6.07 Å². The maximum absolute atomic E-state index is 12.9. The molecular weight excluding hydrogens is 352 g/mol. The number of nitrogens with zero attached hydrogens (tertiary/aromatic N) is 5. The third-order valence-electron chi connectivity index (χ3n) is 4.34. The van der Waals surface area contributed by atoms with Crippen LogP contribution in [-0.2, 0) is 0 Å². The number of hydrogen-bond donors (Lipinski definition) is 1. The van der Waals surface area contributed by atoms with Gasteiger partial charge in [0.2, 0.25) is 0 Å². The molecule has 1 amide bonds. The van der Waals surface area contributed by atoms with Crippen molar-refractivity contribution in [2.45, 2.75) is 20.8 Å². The minimum atomic E-state index is -0.326. The topological polar surface area (TPSA) is 77.6 Å². The quantitative estimate of drug-likeness (QED) is 0.593. The van der Waals surface area contributed by atoms with Crippen LogP contribution in [0.25, 0.3) is 11.4 Å². The fourth-order valence-electron chi connectivity index (χ4n) is 2.91. The second kappa shape index (κ2) is 7.11. The summed E-state index contributed by atoms with van der Waals surface area (Å²) in [4.78, 5) is 14.3. The van der Waals surface area contributed by atoms with Crippen LogP contribution >= 0.6 is 0 Å². The number of nitrogens with one attached hydrogen (secondary N) is 1. The number of hydrogen-bond acceptors (Lipinski definition) is 4. The lowest BCUT2D eigenvalue weighted by molar-refractivity contribution is 0.102. The molecule has 4 aromatic rings. The lowest BCUT2D eigenvalue weighted by Crippen LogP contribution is -2.17. The van der Waals surface area contributed by atoms with Crippen molar-refractivity contribution in [2.75, 3.05) is 5.32 Å². The van der Waals surface area contributed by atoms with Crippen molar-refractivity contribution in [3.05, 3.63) is 83.3 Å². The highest BCUT2D eigenvalue weighted by Gasteiger charge is 2.19. The van der Waals surface area contributed by atoms with Gasteiger partial charge in [0.25, 0.3) is 5.91 Å². The van der Waals surface area contributed by atoms with Gasteiger partial charge in [-0.1, -0.05) is 35.9 Å². The molecule has 2 heterocycles. The van der Waals surface area contributed by atoms with Crippen LogP contribution < -0.4 is 5.32 Å². The zero-order valence-electron chi connectivity index (χ0n) is 15.9. The molecular formula is C21H20N6O. The number of aromatic nitrogens is 5. The number of amides is 1. The molecule has 0 radical (unpaired) electrons. The van der Waals surface area contributed by atoms with Crippen LogP contribution in [-0.4, -0.2) is 30.7 Å². The van der Waals surface area contributed by atoms with Gasteiger partial charge in [0.05, 0.1) is 22.8 Å². The van der Waals surface area contributed by atoms with Gasteiger partial charge < -0.3 is 5.32 Å². The second-order valence-corrected chi connectivity index (χ2v) is 6.63. The van der Waals surface area contributed by atoms with Crippen LogP contribution in [0.5, 0.6) is 0 Å². The molecule has 4 rings (SSSR count). The van der Waals surface area contributed by atoms with Crippen molar-refractivity contribution in [1.82, 2.24) is 24.8 Å². The molecule has 7 heteroatoms. The maximum atomic E-state index is 12.9. The first-order chi connectivity index (χ1) is 13.5. The first-order valence-electron chi connectivity index (χ1n) is 8.96. The highest BCUT2D eigenvalue weighted by atomic mass is 16.2. The van der Waals surface area contributed by atoms with E-state index in [9.17, 15) is 4.79 Å². The summed E-state index contributed by atoms with van der Waals surface area (Å²) in [7, 11) is 0. The zero-order chi connectivity index (χ0) is 19.7. The van der Waals surface area contributed by atoms with Crippen LogP contribution in [0.3, 0.4) is 0 Å². The Labute approximate surface area is 162 Å². The highest BCUT2D eigenvalue weighted by Crippen LogP contribution is 2.19. The van der Waals surface area contributed by atoms with Gasteiger partial charge >= 0.3 is 0 Å². The Morgan fingerprint density at radius 3 is 2.29 bits per heavy atom. The van der Waals surface area contributed by atoms with Crippen LogP contribution in [0.2, 0.25) is 0 Å². The summed E-state index contributed by atoms with van der Waals surface area (Å²) in [6.07, 6.45) is 0. The highest BCUT2D eigenvalue weighted by molar-refractivity contribution is 6.03. The van der Waals surface area contributed by atoms with Crippen molar-refractivity contribution in [1.29, 1.82) is 0 Å². The molecule has 0 unspecified atom stereocenters. The molecule has 2 aromatic carbocycles. The van der Waals surface area contributed by atoms with E-state index in [2.05, 4.69) is 20.6 Å². The molecule has 0 saturated heterocycles. The summed E-state index contributed by atoms with van der Waals surface area (Å²) in [5, 5.41) is 16.1. The molecule has 0 spiro atoms. The number of rotatable bonds is 4. The molecule has 1 N–H and O–H groups in total. The van der Waals surface area contributed by atoms with Gasteiger partial charge in [0.15, 0.2) is 5.69 Å². The van der Waals surface area contributed by atoms with Gasteiger partial charge in [-0.15, -0.1) is 5.10 Å². The molecule has 0 fully saturated rings. The van der Waals surface area contributed by atoms with Crippen LogP contribution in [0.1, 0.15) is 27.4 Å². The summed E-state index contributed by atoms with van der Waals surface area (Å²) in [6, 6.07) is 19.3. The van der Waals surface area contributed by atoms with E-state index in [1.165, 1.54) is 4.80 Å². The second-order valence-electron chi connectivity index (χ2n) is 6.63. The molecule has 0 bridgehead atoms. The SMILES string of the molecule is Cc1ccc(-n2nc(C)cc2NC(=O)c2nn(-c3ccccc3)nc2C)cc1. The minimum absolute atomic E-state index is 0.276. The average Bonchev–Trinajstić information content (AvgIpc) is 3.26. The van der Waals surface area contributed by atoms with Crippen molar-refractivity contribution < 1.29 is 4.79 Å². The average molecular weight is 372 g/mol. The third kappa shape index (κ3) is 3.42. The normalized spacial score (nSPS) is 10.8. The standard InChI is InChI=1S/C21H20N6O/c1-14-9-11-17(12-10-14)26-19(13-15(2)23-26)22-21(28)20-16(3)24-27(25-20)18-7-5-4-6-8-18/h4-13H,1-3H3,(H,22,28). The van der Waals surface area contributed by atoms with E-state index in [0.29, 0.717) is 11.5 Å². The molecule has 140 valence electrons. The lowest BCUT2D eigenvalue weighted by atomic mass is 10.2. The van der Waals surface area contributed by atoms with Gasteiger partial charge in [-0.25, -0.2) is 4.68 Å². The summed E-state index contributed by atoms with van der Waals surface area (Å²) >= 11 is 0. The Hall–Kier alpha value is -3.74. The monoisotopic (exact) mass is 372 g/mol. The van der Waals surface area contributed by atoms with Crippen molar-refractivity contribution in [2.24, 2.45) is 0 Å². The number of para-hydroxylation sites is 1. The number of aryl methyl sites for hydroxylation is 3. The van der Waals surface area contributed by atoms with Crippen LogP contribution in [0.4, 0.5) is 5.82 Å². The smallest absolute Gasteiger partial charge is 0.279 e. The Kier molecular flexibility index (Phi) is 4.49. The van der Waals surface area contributed by atoms with E-state index in [0.717, 1.165) is 22.6 Å². The zero-order valence-corrected chi connectivity index (χ0v) is 15.9. The van der Waals surface area contributed by atoms with E-state index in [1.807, 2.05) is 74.5 Å². The molecule has 0 aliphatic heterocycles. The number of benzene rings is 2. The number of anilines is 1. The first kappa shape index (κ1) is 17.7. The van der Waals surface area contributed by atoms with Crippen LogP contribution in [0.15, 0.2) is 60.7 Å². The third-order valence-corrected chi connectivity index (χ3v) is 4.34. The van der Waals surface area contributed by atoms with E-state index >= 15 is 0 Å². The molecule has 0 aliphatic carbocycles. The van der Waals surface area contributed by atoms with Gasteiger partial charge in [-0.3, -0.25) is 4.79 Å². The van der Waals surface area contributed by atoms with Gasteiger partial charge in [0.1, 0.15) is 5.82 Å². The Morgan fingerprint density at radius 2 is 1.57 bits per heavy atom. The van der Waals surface area contributed by atoms with E-state index in [1.54, 1.807) is 11.6 Å².